The maximum atomic E-state index is 9.72. The SMILES string of the molecule is O=CCCC(O)(O)C=O. The average molecular weight is 132 g/mol. The first-order valence-electron chi connectivity index (χ1n) is 2.47. The van der Waals surface area contributed by atoms with E-state index in [0.717, 1.165) is 0 Å². The van der Waals surface area contributed by atoms with Gasteiger partial charge in [0, 0.05) is 12.8 Å². The van der Waals surface area contributed by atoms with E-state index in [9.17, 15) is 9.59 Å². The Morgan fingerprint density at radius 2 is 1.89 bits per heavy atom. The van der Waals surface area contributed by atoms with E-state index in [1.807, 2.05) is 0 Å². The summed E-state index contributed by atoms with van der Waals surface area (Å²) in [4.78, 5) is 19.3. The molecule has 4 heteroatoms. The van der Waals surface area contributed by atoms with Gasteiger partial charge in [0.05, 0.1) is 0 Å². The molecule has 0 aromatic heterocycles. The van der Waals surface area contributed by atoms with Gasteiger partial charge in [-0.2, -0.15) is 0 Å². The molecule has 0 fully saturated rings. The molecular formula is C5H8O4. The molecule has 2 N–H and O–H groups in total. The molecule has 0 heterocycles. The molecule has 0 aromatic rings. The van der Waals surface area contributed by atoms with Crippen LogP contribution in [0.1, 0.15) is 12.8 Å². The summed E-state index contributed by atoms with van der Waals surface area (Å²) >= 11 is 0. The fourth-order valence-electron chi connectivity index (χ4n) is 0.330. The van der Waals surface area contributed by atoms with Crippen LogP contribution in [0.2, 0.25) is 0 Å². The molecule has 0 unspecified atom stereocenters. The van der Waals surface area contributed by atoms with E-state index < -0.39 is 5.79 Å². The fourth-order valence-corrected chi connectivity index (χ4v) is 0.330. The molecule has 52 valence electrons. The highest BCUT2D eigenvalue weighted by Gasteiger charge is 2.20. The van der Waals surface area contributed by atoms with E-state index in [1.54, 1.807) is 0 Å². The molecule has 0 aliphatic rings. The highest BCUT2D eigenvalue weighted by molar-refractivity contribution is 5.60. The monoisotopic (exact) mass is 132 g/mol. The van der Waals surface area contributed by atoms with Crippen LogP contribution in [0, 0.1) is 0 Å². The van der Waals surface area contributed by atoms with Gasteiger partial charge in [-0.15, -0.1) is 0 Å². The van der Waals surface area contributed by atoms with Crippen molar-refractivity contribution >= 4 is 12.6 Å². The van der Waals surface area contributed by atoms with E-state index in [2.05, 4.69) is 0 Å². The molecular weight excluding hydrogens is 124 g/mol. The Balaban J connectivity index is 3.57. The molecule has 9 heavy (non-hydrogen) atoms. The summed E-state index contributed by atoms with van der Waals surface area (Å²) in [6.45, 7) is 0. The van der Waals surface area contributed by atoms with Crippen LogP contribution in [0.25, 0.3) is 0 Å². The number of carbonyl (C=O) groups excluding carboxylic acids is 2. The standard InChI is InChI=1S/C5H8O4/c6-3-1-2-5(8,9)4-7/h3-4,8-9H,1-2H2. The third kappa shape index (κ3) is 3.81. The third-order valence-electron chi connectivity index (χ3n) is 0.819. The molecule has 0 spiro atoms. The Kier molecular flexibility index (Phi) is 3.05. The minimum atomic E-state index is -2.32. The zero-order chi connectivity index (χ0) is 7.33. The van der Waals surface area contributed by atoms with Gasteiger partial charge in [0.1, 0.15) is 6.29 Å². The zero-order valence-electron chi connectivity index (χ0n) is 4.78. The molecule has 0 amide bonds. The Hall–Kier alpha value is -0.740. The first-order valence-corrected chi connectivity index (χ1v) is 2.47. The maximum absolute atomic E-state index is 9.72. The summed E-state index contributed by atoms with van der Waals surface area (Å²) in [6, 6.07) is 0. The van der Waals surface area contributed by atoms with Crippen molar-refractivity contribution in [2.45, 2.75) is 18.6 Å². The van der Waals surface area contributed by atoms with E-state index in [4.69, 9.17) is 10.2 Å². The second-order valence-electron chi connectivity index (χ2n) is 1.70. The van der Waals surface area contributed by atoms with Crippen molar-refractivity contribution in [1.29, 1.82) is 0 Å². The predicted octanol–water partition coefficient (Wildman–Crippen LogP) is -1.15. The van der Waals surface area contributed by atoms with Gasteiger partial charge in [0.2, 0.25) is 5.79 Å². The molecule has 0 aliphatic heterocycles. The molecule has 0 saturated carbocycles. The molecule has 0 bridgehead atoms. The normalized spacial score (nSPS) is 10.9. The molecule has 0 rings (SSSR count). The average Bonchev–Trinajstić information content (AvgIpc) is 1.84. The fraction of sp³-hybridized carbons (Fsp3) is 0.600. The van der Waals surface area contributed by atoms with Crippen LogP contribution < -0.4 is 0 Å². The Morgan fingerprint density at radius 3 is 2.22 bits per heavy atom. The first-order chi connectivity index (χ1) is 4.12. The lowest BCUT2D eigenvalue weighted by atomic mass is 10.2. The van der Waals surface area contributed by atoms with Gasteiger partial charge in [-0.3, -0.25) is 4.79 Å². The quantitative estimate of drug-likeness (QED) is 0.374. The number of rotatable bonds is 4. The van der Waals surface area contributed by atoms with Crippen molar-refractivity contribution in [2.24, 2.45) is 0 Å². The van der Waals surface area contributed by atoms with Crippen molar-refractivity contribution in [3.05, 3.63) is 0 Å². The molecule has 0 atom stereocenters. The summed E-state index contributed by atoms with van der Waals surface area (Å²) in [6.07, 6.45) is 0.257. The summed E-state index contributed by atoms with van der Waals surface area (Å²) in [5.74, 6) is -2.32. The number of hydrogen-bond donors (Lipinski definition) is 2. The van der Waals surface area contributed by atoms with Crippen LogP contribution in [0.5, 0.6) is 0 Å². The lowest BCUT2D eigenvalue weighted by Gasteiger charge is -2.10. The van der Waals surface area contributed by atoms with Gasteiger partial charge in [-0.05, 0) is 0 Å². The van der Waals surface area contributed by atoms with Crippen LogP contribution in [0.3, 0.4) is 0 Å². The summed E-state index contributed by atoms with van der Waals surface area (Å²) in [7, 11) is 0. The smallest absolute Gasteiger partial charge is 0.221 e. The van der Waals surface area contributed by atoms with Crippen LogP contribution >= 0.6 is 0 Å². The minimum absolute atomic E-state index is 0.00347. The van der Waals surface area contributed by atoms with Crippen molar-refractivity contribution < 1.29 is 19.8 Å². The number of hydrogen-bond acceptors (Lipinski definition) is 4. The maximum Gasteiger partial charge on any atom is 0.221 e. The molecule has 4 nitrogen and oxygen atoms in total. The second-order valence-corrected chi connectivity index (χ2v) is 1.70. The van der Waals surface area contributed by atoms with Gasteiger partial charge < -0.3 is 15.0 Å². The van der Waals surface area contributed by atoms with Gasteiger partial charge in [-0.25, -0.2) is 0 Å². The number of aliphatic hydroxyl groups is 2. The van der Waals surface area contributed by atoms with Crippen LogP contribution in [0.15, 0.2) is 0 Å². The first kappa shape index (κ1) is 8.26. The van der Waals surface area contributed by atoms with Crippen LogP contribution in [0.4, 0.5) is 0 Å². The molecule has 0 radical (unpaired) electrons. The minimum Gasteiger partial charge on any atom is -0.360 e. The highest BCUT2D eigenvalue weighted by atomic mass is 16.5. The van der Waals surface area contributed by atoms with E-state index in [0.29, 0.717) is 6.29 Å². The van der Waals surface area contributed by atoms with Crippen LogP contribution in [-0.4, -0.2) is 28.6 Å². The van der Waals surface area contributed by atoms with Crippen LogP contribution in [-0.2, 0) is 9.59 Å². The van der Waals surface area contributed by atoms with Gasteiger partial charge in [-0.1, -0.05) is 0 Å². The van der Waals surface area contributed by atoms with Crippen molar-refractivity contribution in [3.8, 4) is 0 Å². The number of aldehydes is 2. The van der Waals surface area contributed by atoms with Gasteiger partial charge in [0.15, 0.2) is 6.29 Å². The summed E-state index contributed by atoms with van der Waals surface area (Å²) in [5.41, 5.74) is 0. The largest absolute Gasteiger partial charge is 0.360 e. The van der Waals surface area contributed by atoms with Crippen molar-refractivity contribution in [1.82, 2.24) is 0 Å². The molecule has 0 saturated heterocycles. The Labute approximate surface area is 52.1 Å². The Bertz CT molecular complexity index is 108. The van der Waals surface area contributed by atoms with E-state index in [1.165, 1.54) is 0 Å². The van der Waals surface area contributed by atoms with Crippen molar-refractivity contribution in [3.63, 3.8) is 0 Å². The van der Waals surface area contributed by atoms with E-state index in [-0.39, 0.29) is 19.1 Å². The zero-order valence-corrected chi connectivity index (χ0v) is 4.78. The lowest BCUT2D eigenvalue weighted by molar-refractivity contribution is -0.171. The van der Waals surface area contributed by atoms with Crippen molar-refractivity contribution in [2.75, 3.05) is 0 Å². The summed E-state index contributed by atoms with van der Waals surface area (Å²) < 4.78 is 0. The molecule has 0 aromatic carbocycles. The predicted molar refractivity (Wildman–Crippen MR) is 28.5 cm³/mol. The topological polar surface area (TPSA) is 74.6 Å². The van der Waals surface area contributed by atoms with Gasteiger partial charge in [0.25, 0.3) is 0 Å². The highest BCUT2D eigenvalue weighted by Crippen LogP contribution is 2.02. The summed E-state index contributed by atoms with van der Waals surface area (Å²) in [5, 5.41) is 17.0. The molecule has 0 aliphatic carbocycles. The number of carbonyl (C=O) groups is 2. The third-order valence-corrected chi connectivity index (χ3v) is 0.819. The second kappa shape index (κ2) is 3.32. The Morgan fingerprint density at radius 1 is 1.33 bits per heavy atom. The van der Waals surface area contributed by atoms with E-state index >= 15 is 0 Å². The lowest BCUT2D eigenvalue weighted by Crippen LogP contribution is -2.29. The van der Waals surface area contributed by atoms with Gasteiger partial charge >= 0.3 is 0 Å².